The van der Waals surface area contributed by atoms with Crippen LogP contribution in [0.2, 0.25) is 5.02 Å². The summed E-state index contributed by atoms with van der Waals surface area (Å²) in [5.41, 5.74) is 2.26. The number of hydrogen-bond donors (Lipinski definition) is 2. The molecule has 22 heavy (non-hydrogen) atoms. The van der Waals surface area contributed by atoms with Gasteiger partial charge in [0.25, 0.3) is 0 Å². The highest BCUT2D eigenvalue weighted by Gasteiger charge is 2.03. The smallest absolute Gasteiger partial charge is 0.119 e. The Kier molecular flexibility index (Phi) is 6.72. The van der Waals surface area contributed by atoms with Crippen molar-refractivity contribution in [3.05, 3.63) is 64.7 Å². The monoisotopic (exact) mass is 319 g/mol. The molecule has 2 aromatic carbocycles. The summed E-state index contributed by atoms with van der Waals surface area (Å²) < 4.78 is 5.75. The molecule has 2 N–H and O–H groups in total. The molecular weight excluding hydrogens is 298 g/mol. The van der Waals surface area contributed by atoms with Crippen molar-refractivity contribution >= 4 is 11.6 Å². The number of benzene rings is 2. The molecule has 4 heteroatoms. The topological polar surface area (TPSA) is 41.5 Å². The molecule has 0 heterocycles. The minimum Gasteiger partial charge on any atom is -0.489 e. The number of rotatable bonds is 8. The first-order valence-electron chi connectivity index (χ1n) is 7.51. The summed E-state index contributed by atoms with van der Waals surface area (Å²) in [6, 6.07) is 15.8. The third kappa shape index (κ3) is 5.34. The van der Waals surface area contributed by atoms with Crippen LogP contribution in [-0.2, 0) is 13.2 Å². The molecular formula is C18H22ClNO2. The second-order valence-corrected chi connectivity index (χ2v) is 5.66. The van der Waals surface area contributed by atoms with Crippen LogP contribution >= 0.6 is 11.6 Å². The van der Waals surface area contributed by atoms with Gasteiger partial charge in [-0.2, -0.15) is 0 Å². The summed E-state index contributed by atoms with van der Waals surface area (Å²) in [6.45, 7) is 3.49. The fourth-order valence-corrected chi connectivity index (χ4v) is 2.18. The lowest BCUT2D eigenvalue weighted by atomic mass is 10.2. The molecule has 0 bridgehead atoms. The van der Waals surface area contributed by atoms with Crippen molar-refractivity contribution in [3.63, 3.8) is 0 Å². The summed E-state index contributed by atoms with van der Waals surface area (Å²) >= 11 is 5.86. The molecule has 0 saturated heterocycles. The lowest BCUT2D eigenvalue weighted by Crippen LogP contribution is -2.31. The average molecular weight is 320 g/mol. The summed E-state index contributed by atoms with van der Waals surface area (Å²) in [5.74, 6) is 0.841. The zero-order valence-electron chi connectivity index (χ0n) is 12.8. The highest BCUT2D eigenvalue weighted by molar-refractivity contribution is 6.30. The fourth-order valence-electron chi connectivity index (χ4n) is 2.05. The van der Waals surface area contributed by atoms with Crippen LogP contribution in [0, 0.1) is 0 Å². The Hall–Kier alpha value is -1.55. The number of ether oxygens (including phenoxy) is 1. The maximum Gasteiger partial charge on any atom is 0.119 e. The molecule has 2 aromatic rings. The van der Waals surface area contributed by atoms with E-state index in [4.69, 9.17) is 21.4 Å². The Morgan fingerprint density at radius 1 is 1.05 bits per heavy atom. The van der Waals surface area contributed by atoms with Crippen molar-refractivity contribution in [3.8, 4) is 5.75 Å². The van der Waals surface area contributed by atoms with Gasteiger partial charge in [-0.05, 0) is 41.8 Å². The van der Waals surface area contributed by atoms with Gasteiger partial charge in [0.05, 0.1) is 6.61 Å². The van der Waals surface area contributed by atoms with Crippen molar-refractivity contribution in [2.45, 2.75) is 32.5 Å². The summed E-state index contributed by atoms with van der Waals surface area (Å²) in [6.07, 6.45) is 0.915. The molecule has 0 aromatic heterocycles. The normalized spacial score (nSPS) is 12.1. The lowest BCUT2D eigenvalue weighted by Gasteiger charge is -2.14. The van der Waals surface area contributed by atoms with Gasteiger partial charge >= 0.3 is 0 Å². The standard InChI is InChI=1S/C18H22ClNO2/c1-2-17(12-21)20-11-14-5-9-18(10-6-14)22-13-15-3-7-16(19)8-4-15/h3-10,17,20-21H,2,11-13H2,1H3/t17-/m1/s1. The molecule has 2 rings (SSSR count). The van der Waals surface area contributed by atoms with Gasteiger partial charge in [-0.25, -0.2) is 0 Å². The van der Waals surface area contributed by atoms with Crippen LogP contribution in [0.25, 0.3) is 0 Å². The van der Waals surface area contributed by atoms with Crippen LogP contribution in [0.5, 0.6) is 5.75 Å². The van der Waals surface area contributed by atoms with Gasteiger partial charge in [0.15, 0.2) is 0 Å². The molecule has 0 saturated carbocycles. The zero-order valence-corrected chi connectivity index (χ0v) is 13.5. The Balaban J connectivity index is 1.82. The quantitative estimate of drug-likeness (QED) is 0.778. The molecule has 0 aliphatic carbocycles. The number of halogens is 1. The first kappa shape index (κ1) is 16.8. The van der Waals surface area contributed by atoms with E-state index in [-0.39, 0.29) is 12.6 Å². The van der Waals surface area contributed by atoms with Crippen LogP contribution in [0.1, 0.15) is 24.5 Å². The molecule has 0 aliphatic rings. The maximum atomic E-state index is 9.15. The van der Waals surface area contributed by atoms with E-state index < -0.39 is 0 Å². The van der Waals surface area contributed by atoms with E-state index in [1.807, 2.05) is 48.5 Å². The molecule has 0 amide bonds. The molecule has 0 spiro atoms. The van der Waals surface area contributed by atoms with Crippen molar-refractivity contribution < 1.29 is 9.84 Å². The summed E-state index contributed by atoms with van der Waals surface area (Å²) in [7, 11) is 0. The predicted octanol–water partition coefficient (Wildman–Crippen LogP) is 3.78. The third-order valence-electron chi connectivity index (χ3n) is 3.55. The minimum atomic E-state index is 0.154. The SMILES string of the molecule is CC[C@H](CO)NCc1ccc(OCc2ccc(Cl)cc2)cc1. The number of nitrogens with one attached hydrogen (secondary N) is 1. The molecule has 0 radical (unpaired) electrons. The Bertz CT molecular complexity index is 550. The van der Waals surface area contributed by atoms with Crippen LogP contribution < -0.4 is 10.1 Å². The molecule has 0 aliphatic heterocycles. The van der Waals surface area contributed by atoms with E-state index in [1.54, 1.807) is 0 Å². The molecule has 118 valence electrons. The molecule has 1 atom stereocenters. The van der Waals surface area contributed by atoms with Crippen molar-refractivity contribution in [2.24, 2.45) is 0 Å². The van der Waals surface area contributed by atoms with Crippen LogP contribution in [-0.4, -0.2) is 17.8 Å². The Morgan fingerprint density at radius 2 is 1.68 bits per heavy atom. The largest absolute Gasteiger partial charge is 0.489 e. The highest BCUT2D eigenvalue weighted by Crippen LogP contribution is 2.15. The molecule has 3 nitrogen and oxygen atoms in total. The maximum absolute atomic E-state index is 9.15. The van der Waals surface area contributed by atoms with Gasteiger partial charge in [-0.1, -0.05) is 42.8 Å². The van der Waals surface area contributed by atoms with E-state index in [2.05, 4.69) is 12.2 Å². The number of aliphatic hydroxyl groups excluding tert-OH is 1. The summed E-state index contributed by atoms with van der Waals surface area (Å²) in [5, 5.41) is 13.2. The molecule has 0 fully saturated rings. The van der Waals surface area contributed by atoms with Crippen molar-refractivity contribution in [2.75, 3.05) is 6.61 Å². The first-order chi connectivity index (χ1) is 10.7. The van der Waals surface area contributed by atoms with Gasteiger partial charge in [0, 0.05) is 17.6 Å². The van der Waals surface area contributed by atoms with Gasteiger partial charge in [0.2, 0.25) is 0 Å². The van der Waals surface area contributed by atoms with E-state index in [0.29, 0.717) is 6.61 Å². The van der Waals surface area contributed by atoms with E-state index in [1.165, 1.54) is 5.56 Å². The minimum absolute atomic E-state index is 0.154. The highest BCUT2D eigenvalue weighted by atomic mass is 35.5. The lowest BCUT2D eigenvalue weighted by molar-refractivity contribution is 0.238. The van der Waals surface area contributed by atoms with E-state index in [9.17, 15) is 0 Å². The number of aliphatic hydroxyl groups is 1. The van der Waals surface area contributed by atoms with Gasteiger partial charge in [-0.3, -0.25) is 0 Å². The fraction of sp³-hybridized carbons (Fsp3) is 0.333. The van der Waals surface area contributed by atoms with E-state index >= 15 is 0 Å². The van der Waals surface area contributed by atoms with Gasteiger partial charge in [-0.15, -0.1) is 0 Å². The first-order valence-corrected chi connectivity index (χ1v) is 7.89. The third-order valence-corrected chi connectivity index (χ3v) is 3.80. The van der Waals surface area contributed by atoms with Gasteiger partial charge in [0.1, 0.15) is 12.4 Å². The zero-order chi connectivity index (χ0) is 15.8. The van der Waals surface area contributed by atoms with Crippen LogP contribution in [0.15, 0.2) is 48.5 Å². The van der Waals surface area contributed by atoms with E-state index in [0.717, 1.165) is 29.3 Å². The predicted molar refractivity (Wildman–Crippen MR) is 90.2 cm³/mol. The van der Waals surface area contributed by atoms with Crippen molar-refractivity contribution in [1.82, 2.24) is 5.32 Å². The Labute approximate surface area is 136 Å². The van der Waals surface area contributed by atoms with Crippen molar-refractivity contribution in [1.29, 1.82) is 0 Å². The Morgan fingerprint density at radius 3 is 2.27 bits per heavy atom. The summed E-state index contributed by atoms with van der Waals surface area (Å²) in [4.78, 5) is 0. The van der Waals surface area contributed by atoms with Crippen LogP contribution in [0.3, 0.4) is 0 Å². The second-order valence-electron chi connectivity index (χ2n) is 5.23. The number of hydrogen-bond acceptors (Lipinski definition) is 3. The second kappa shape index (κ2) is 8.79. The van der Waals surface area contributed by atoms with Gasteiger partial charge < -0.3 is 15.2 Å². The van der Waals surface area contributed by atoms with Crippen LogP contribution in [0.4, 0.5) is 0 Å². The molecule has 0 unspecified atom stereocenters. The average Bonchev–Trinajstić information content (AvgIpc) is 2.56.